The minimum atomic E-state index is -0.396. The van der Waals surface area contributed by atoms with Gasteiger partial charge in [-0.2, -0.15) is 0 Å². The molecule has 0 N–H and O–H groups in total. The summed E-state index contributed by atoms with van der Waals surface area (Å²) in [4.78, 5) is 16.3. The summed E-state index contributed by atoms with van der Waals surface area (Å²) < 4.78 is 14.0. The molecule has 20 heavy (non-hydrogen) atoms. The molecule has 0 radical (unpaired) electrons. The summed E-state index contributed by atoms with van der Waals surface area (Å²) in [5.74, 6) is -0.0918. The van der Waals surface area contributed by atoms with Gasteiger partial charge >= 0.3 is 0 Å². The van der Waals surface area contributed by atoms with Gasteiger partial charge in [-0.05, 0) is 57.5 Å². The largest absolute Gasteiger partial charge is 0.341 e. The predicted molar refractivity (Wildman–Crippen MR) is 78.3 cm³/mol. The highest BCUT2D eigenvalue weighted by molar-refractivity contribution is 5.94. The van der Waals surface area contributed by atoms with Crippen LogP contribution in [0.1, 0.15) is 28.8 Å². The van der Waals surface area contributed by atoms with E-state index in [9.17, 15) is 9.18 Å². The van der Waals surface area contributed by atoms with Crippen molar-refractivity contribution in [2.75, 3.05) is 33.7 Å². The molecule has 1 amide bonds. The molecule has 1 aromatic rings. The lowest BCUT2D eigenvalue weighted by molar-refractivity contribution is 0.0742. The molecule has 0 aromatic heterocycles. The molecule has 0 aliphatic carbocycles. The van der Waals surface area contributed by atoms with Gasteiger partial charge in [0.15, 0.2) is 0 Å². The Morgan fingerprint density at radius 1 is 1.40 bits per heavy atom. The Bertz CT molecular complexity index is 481. The zero-order valence-corrected chi connectivity index (χ0v) is 12.5. The van der Waals surface area contributed by atoms with Crippen LogP contribution in [0.2, 0.25) is 0 Å². The van der Waals surface area contributed by atoms with Crippen molar-refractivity contribution in [3.05, 3.63) is 35.1 Å². The number of hydrogen-bond acceptors (Lipinski definition) is 2. The van der Waals surface area contributed by atoms with Crippen LogP contribution >= 0.6 is 0 Å². The second-order valence-corrected chi connectivity index (χ2v) is 5.87. The van der Waals surface area contributed by atoms with Crippen molar-refractivity contribution in [2.24, 2.45) is 5.92 Å². The average Bonchev–Trinajstić information content (AvgIpc) is 2.43. The van der Waals surface area contributed by atoms with Crippen molar-refractivity contribution >= 4 is 5.91 Å². The van der Waals surface area contributed by atoms with Crippen molar-refractivity contribution < 1.29 is 9.18 Å². The van der Waals surface area contributed by atoms with Crippen molar-refractivity contribution in [1.29, 1.82) is 0 Å². The van der Waals surface area contributed by atoms with E-state index in [1.54, 1.807) is 37.1 Å². The molecule has 0 saturated carbocycles. The number of rotatable bonds is 3. The van der Waals surface area contributed by atoms with E-state index in [-0.39, 0.29) is 11.5 Å². The minimum Gasteiger partial charge on any atom is -0.341 e. The first-order valence-electron chi connectivity index (χ1n) is 7.18. The molecule has 2 rings (SSSR count). The maximum absolute atomic E-state index is 14.0. The second-order valence-electron chi connectivity index (χ2n) is 5.87. The van der Waals surface area contributed by atoms with Crippen LogP contribution in [-0.4, -0.2) is 49.4 Å². The first kappa shape index (κ1) is 15.0. The molecule has 0 atom stereocenters. The maximum atomic E-state index is 14.0. The van der Waals surface area contributed by atoms with Gasteiger partial charge in [0, 0.05) is 13.6 Å². The van der Waals surface area contributed by atoms with E-state index in [4.69, 9.17) is 0 Å². The summed E-state index contributed by atoms with van der Waals surface area (Å²) >= 11 is 0. The molecule has 110 valence electrons. The molecule has 1 fully saturated rings. The Morgan fingerprint density at radius 2 is 2.05 bits per heavy atom. The molecule has 4 heteroatoms. The number of likely N-dealkylation sites (tertiary alicyclic amines) is 1. The Balaban J connectivity index is 2.00. The number of piperidine rings is 1. The number of halogens is 1. The van der Waals surface area contributed by atoms with E-state index < -0.39 is 5.82 Å². The Hall–Kier alpha value is -1.42. The van der Waals surface area contributed by atoms with Gasteiger partial charge < -0.3 is 9.80 Å². The number of hydrogen-bond donors (Lipinski definition) is 0. The number of nitrogens with zero attached hydrogens (tertiary/aromatic N) is 2. The first-order chi connectivity index (χ1) is 9.49. The van der Waals surface area contributed by atoms with Crippen LogP contribution in [0.4, 0.5) is 4.39 Å². The number of carbonyl (C=O) groups excluding carboxylic acids is 1. The molecule has 0 unspecified atom stereocenters. The van der Waals surface area contributed by atoms with E-state index in [2.05, 4.69) is 11.9 Å². The van der Waals surface area contributed by atoms with Crippen molar-refractivity contribution in [2.45, 2.75) is 19.8 Å². The summed E-state index contributed by atoms with van der Waals surface area (Å²) in [6, 6.07) is 4.98. The van der Waals surface area contributed by atoms with Gasteiger partial charge in [0.1, 0.15) is 5.82 Å². The van der Waals surface area contributed by atoms with E-state index in [1.807, 2.05) is 0 Å². The molecular formula is C16H23FN2O. The van der Waals surface area contributed by atoms with E-state index in [0.29, 0.717) is 18.0 Å². The van der Waals surface area contributed by atoms with Crippen molar-refractivity contribution in [1.82, 2.24) is 9.80 Å². The Morgan fingerprint density at radius 3 is 2.70 bits per heavy atom. The molecule has 1 aliphatic heterocycles. The summed E-state index contributed by atoms with van der Waals surface area (Å²) in [5.41, 5.74) is 0.698. The van der Waals surface area contributed by atoms with Crippen LogP contribution in [0.5, 0.6) is 0 Å². The summed E-state index contributed by atoms with van der Waals surface area (Å²) in [5, 5.41) is 0. The molecule has 1 aromatic carbocycles. The van der Waals surface area contributed by atoms with Crippen molar-refractivity contribution in [3.8, 4) is 0 Å². The second kappa shape index (κ2) is 6.35. The van der Waals surface area contributed by atoms with Crippen molar-refractivity contribution in [3.63, 3.8) is 0 Å². The fourth-order valence-corrected chi connectivity index (χ4v) is 2.73. The molecule has 0 spiro atoms. The van der Waals surface area contributed by atoms with Crippen LogP contribution in [0, 0.1) is 18.7 Å². The topological polar surface area (TPSA) is 23.6 Å². The zero-order chi connectivity index (χ0) is 14.7. The van der Waals surface area contributed by atoms with Crippen LogP contribution in [0.3, 0.4) is 0 Å². The maximum Gasteiger partial charge on any atom is 0.256 e. The first-order valence-corrected chi connectivity index (χ1v) is 7.18. The van der Waals surface area contributed by atoms with E-state index in [1.165, 1.54) is 0 Å². The fourth-order valence-electron chi connectivity index (χ4n) is 2.73. The third-order valence-corrected chi connectivity index (χ3v) is 4.14. The minimum absolute atomic E-state index is 0.181. The van der Waals surface area contributed by atoms with Gasteiger partial charge in [0.05, 0.1) is 5.56 Å². The third kappa shape index (κ3) is 3.37. The smallest absolute Gasteiger partial charge is 0.256 e. The summed E-state index contributed by atoms with van der Waals surface area (Å²) in [7, 11) is 3.88. The fraction of sp³-hybridized carbons (Fsp3) is 0.562. The Kier molecular flexibility index (Phi) is 4.76. The van der Waals surface area contributed by atoms with Crippen LogP contribution < -0.4 is 0 Å². The lowest BCUT2D eigenvalue weighted by atomic mass is 9.96. The molecular weight excluding hydrogens is 255 g/mol. The molecule has 0 bridgehead atoms. The zero-order valence-electron chi connectivity index (χ0n) is 12.5. The van der Waals surface area contributed by atoms with Crippen LogP contribution in [0.15, 0.2) is 18.2 Å². The number of benzene rings is 1. The third-order valence-electron chi connectivity index (χ3n) is 4.14. The SMILES string of the molecule is Cc1cccc(C(=O)N(C)CC2CCN(C)CC2)c1F. The van der Waals surface area contributed by atoms with Crippen LogP contribution in [-0.2, 0) is 0 Å². The average molecular weight is 278 g/mol. The number of carbonyl (C=O) groups is 1. The summed E-state index contributed by atoms with van der Waals surface area (Å²) in [6.07, 6.45) is 2.20. The number of amides is 1. The molecule has 1 heterocycles. The lowest BCUT2D eigenvalue weighted by Crippen LogP contribution is -2.38. The van der Waals surface area contributed by atoms with E-state index >= 15 is 0 Å². The van der Waals surface area contributed by atoms with Gasteiger partial charge in [-0.25, -0.2) is 4.39 Å². The van der Waals surface area contributed by atoms with Gasteiger partial charge in [-0.1, -0.05) is 12.1 Å². The standard InChI is InChI=1S/C16H23FN2O/c1-12-5-4-6-14(15(12)17)16(20)19(3)11-13-7-9-18(2)10-8-13/h4-6,13H,7-11H2,1-3H3. The molecule has 3 nitrogen and oxygen atoms in total. The predicted octanol–water partition coefficient (Wildman–Crippen LogP) is 2.55. The van der Waals surface area contributed by atoms with Gasteiger partial charge in [-0.3, -0.25) is 4.79 Å². The Labute approximate surface area is 120 Å². The van der Waals surface area contributed by atoms with Gasteiger partial charge in [-0.15, -0.1) is 0 Å². The highest BCUT2D eigenvalue weighted by Crippen LogP contribution is 2.19. The number of aryl methyl sites for hydroxylation is 1. The quantitative estimate of drug-likeness (QED) is 0.848. The monoisotopic (exact) mass is 278 g/mol. The normalized spacial score (nSPS) is 17.2. The van der Waals surface area contributed by atoms with Gasteiger partial charge in [0.2, 0.25) is 0 Å². The molecule has 1 aliphatic rings. The lowest BCUT2D eigenvalue weighted by Gasteiger charge is -2.31. The highest BCUT2D eigenvalue weighted by atomic mass is 19.1. The summed E-state index contributed by atoms with van der Waals surface area (Å²) in [6.45, 7) is 4.54. The highest BCUT2D eigenvalue weighted by Gasteiger charge is 2.22. The van der Waals surface area contributed by atoms with Gasteiger partial charge in [0.25, 0.3) is 5.91 Å². The van der Waals surface area contributed by atoms with Crippen LogP contribution in [0.25, 0.3) is 0 Å². The molecule has 1 saturated heterocycles. The van der Waals surface area contributed by atoms with E-state index in [0.717, 1.165) is 25.9 Å².